The van der Waals surface area contributed by atoms with E-state index in [2.05, 4.69) is 5.09 Å². The van der Waals surface area contributed by atoms with Crippen LogP contribution in [-0.4, -0.2) is 47.6 Å². The molecule has 0 aliphatic heterocycles. The van der Waals surface area contributed by atoms with Gasteiger partial charge in [0.15, 0.2) is 23.0 Å². The fourth-order valence-electron chi connectivity index (χ4n) is 4.34. The third-order valence-corrected chi connectivity index (χ3v) is 7.87. The minimum Gasteiger partial charge on any atom is -0.493 e. The molecule has 0 amide bonds. The maximum Gasteiger partial charge on any atom is 0.513 e. The Balaban J connectivity index is 1.92. The zero-order valence-corrected chi connectivity index (χ0v) is 26.1. The Labute approximate surface area is 247 Å². The van der Waals surface area contributed by atoms with Gasteiger partial charge in [0.05, 0.1) is 35.5 Å². The van der Waals surface area contributed by atoms with Gasteiger partial charge in [-0.1, -0.05) is 38.1 Å². The molecule has 0 spiro atoms. The number of methoxy groups -OCH3 is 5. The van der Waals surface area contributed by atoms with E-state index in [1.807, 2.05) is 38.1 Å². The monoisotopic (exact) mass is 601 g/mol. The Hall–Kier alpha value is -3.88. The Morgan fingerprint density at radius 2 is 1.33 bits per heavy atom. The molecule has 0 heterocycles. The van der Waals surface area contributed by atoms with Crippen LogP contribution in [0.15, 0.2) is 60.7 Å². The van der Waals surface area contributed by atoms with Crippen LogP contribution in [0.5, 0.6) is 34.5 Å². The van der Waals surface area contributed by atoms with E-state index >= 15 is 0 Å². The van der Waals surface area contributed by atoms with Crippen molar-refractivity contribution in [2.45, 2.75) is 39.2 Å². The summed E-state index contributed by atoms with van der Waals surface area (Å²) in [6, 6.07) is 16.8. The number of carbonyl (C=O) groups is 1. The minimum absolute atomic E-state index is 0.0971. The zero-order valence-electron chi connectivity index (χ0n) is 25.2. The number of benzene rings is 3. The summed E-state index contributed by atoms with van der Waals surface area (Å²) in [5.74, 6) is 2.03. The summed E-state index contributed by atoms with van der Waals surface area (Å²) < 4.78 is 53.1. The maximum atomic E-state index is 14.3. The summed E-state index contributed by atoms with van der Waals surface area (Å²) in [7, 11) is 3.29. The number of aryl methyl sites for hydroxylation is 2. The highest BCUT2D eigenvalue weighted by Crippen LogP contribution is 2.48. The molecule has 3 rings (SSSR count). The van der Waals surface area contributed by atoms with Crippen molar-refractivity contribution >= 4 is 13.7 Å². The van der Waals surface area contributed by atoms with Crippen molar-refractivity contribution < 1.29 is 42.1 Å². The molecule has 0 saturated carbocycles. The number of hydrogen-bond donors (Lipinski definition) is 1. The van der Waals surface area contributed by atoms with E-state index in [0.29, 0.717) is 48.0 Å². The van der Waals surface area contributed by atoms with E-state index < -0.39 is 19.8 Å². The summed E-state index contributed by atoms with van der Waals surface area (Å²) in [5, 5.41) is 2.82. The number of esters is 1. The first-order valence-electron chi connectivity index (χ1n) is 13.5. The molecule has 42 heavy (non-hydrogen) atoms. The molecule has 1 unspecified atom stereocenters. The van der Waals surface area contributed by atoms with Gasteiger partial charge in [-0.2, -0.15) is 5.09 Å². The molecular weight excluding hydrogens is 561 g/mol. The van der Waals surface area contributed by atoms with Gasteiger partial charge in [-0.05, 0) is 72.7 Å². The highest BCUT2D eigenvalue weighted by atomic mass is 31.2. The smallest absolute Gasteiger partial charge is 0.493 e. The highest BCUT2D eigenvalue weighted by Gasteiger charge is 2.37. The van der Waals surface area contributed by atoms with E-state index in [1.165, 1.54) is 14.2 Å². The second-order valence-corrected chi connectivity index (χ2v) is 11.5. The molecule has 228 valence electrons. The van der Waals surface area contributed by atoms with Crippen LogP contribution in [0, 0.1) is 5.92 Å². The molecule has 0 radical (unpaired) electrons. The molecule has 0 aromatic heterocycles. The van der Waals surface area contributed by atoms with E-state index in [0.717, 1.165) is 11.1 Å². The molecule has 0 bridgehead atoms. The Kier molecular flexibility index (Phi) is 11.9. The number of nitrogens with one attached hydrogen (secondary N) is 1. The van der Waals surface area contributed by atoms with Crippen LogP contribution in [-0.2, 0) is 26.9 Å². The first-order valence-corrected chi connectivity index (χ1v) is 15.0. The number of para-hydroxylation sites is 1. The van der Waals surface area contributed by atoms with Gasteiger partial charge in [0, 0.05) is 0 Å². The van der Waals surface area contributed by atoms with Gasteiger partial charge in [0.1, 0.15) is 11.8 Å². The van der Waals surface area contributed by atoms with E-state index in [1.54, 1.807) is 57.7 Å². The van der Waals surface area contributed by atoms with E-state index in [-0.39, 0.29) is 11.7 Å². The lowest BCUT2D eigenvalue weighted by Gasteiger charge is -2.26. The van der Waals surface area contributed by atoms with Crippen molar-refractivity contribution in [3.8, 4) is 34.5 Å². The molecule has 0 aliphatic carbocycles. The van der Waals surface area contributed by atoms with Crippen molar-refractivity contribution in [2.24, 2.45) is 5.92 Å². The standard InChI is InChI=1S/C31H40NO9P/c1-21(2)17-25(31(33)39-7)32-42(34,40-24-11-9-8-10-12-24)41-27-18-22(15-16-26(27)35-3)13-14-23-19-28(36-4)30(38-6)29(20-23)37-5/h8-12,15-16,18-21,25H,13-14,17H2,1-7H3,(H,32,34)/t25-,42?/m0/s1. The molecule has 0 saturated heterocycles. The van der Waals surface area contributed by atoms with Gasteiger partial charge in [0.25, 0.3) is 0 Å². The van der Waals surface area contributed by atoms with Crippen molar-refractivity contribution in [3.63, 3.8) is 0 Å². The van der Waals surface area contributed by atoms with E-state index in [4.69, 9.17) is 32.7 Å². The summed E-state index contributed by atoms with van der Waals surface area (Å²) in [5.41, 5.74) is 1.86. The molecule has 10 nitrogen and oxygen atoms in total. The van der Waals surface area contributed by atoms with Crippen molar-refractivity contribution in [3.05, 3.63) is 71.8 Å². The largest absolute Gasteiger partial charge is 0.513 e. The van der Waals surface area contributed by atoms with Gasteiger partial charge in [-0.15, -0.1) is 0 Å². The first-order chi connectivity index (χ1) is 20.1. The average Bonchev–Trinajstić information content (AvgIpc) is 2.98. The van der Waals surface area contributed by atoms with Crippen molar-refractivity contribution in [1.29, 1.82) is 0 Å². The molecular formula is C31H40NO9P. The van der Waals surface area contributed by atoms with Gasteiger partial charge >= 0.3 is 13.7 Å². The van der Waals surface area contributed by atoms with Gasteiger partial charge < -0.3 is 32.7 Å². The summed E-state index contributed by atoms with van der Waals surface area (Å²) >= 11 is 0. The van der Waals surface area contributed by atoms with Crippen LogP contribution in [0.4, 0.5) is 0 Å². The Morgan fingerprint density at radius 1 is 0.738 bits per heavy atom. The number of ether oxygens (including phenoxy) is 5. The second-order valence-electron chi connectivity index (χ2n) is 9.85. The summed E-state index contributed by atoms with van der Waals surface area (Å²) in [6.45, 7) is 3.89. The van der Waals surface area contributed by atoms with Crippen LogP contribution in [0.25, 0.3) is 0 Å². The quantitative estimate of drug-likeness (QED) is 0.149. The topological polar surface area (TPSA) is 111 Å². The van der Waals surface area contributed by atoms with Gasteiger partial charge in [-0.25, -0.2) is 4.57 Å². The maximum absolute atomic E-state index is 14.3. The normalized spacial score (nSPS) is 13.0. The summed E-state index contributed by atoms with van der Waals surface area (Å²) in [4.78, 5) is 12.6. The van der Waals surface area contributed by atoms with Gasteiger partial charge in [-0.3, -0.25) is 4.79 Å². The molecule has 0 fully saturated rings. The first kappa shape index (κ1) is 32.6. The average molecular weight is 602 g/mol. The molecule has 2 atom stereocenters. The summed E-state index contributed by atoms with van der Waals surface area (Å²) in [6.07, 6.45) is 1.59. The number of hydrogen-bond acceptors (Lipinski definition) is 9. The molecule has 3 aromatic rings. The fourth-order valence-corrected chi connectivity index (χ4v) is 5.88. The van der Waals surface area contributed by atoms with Crippen LogP contribution >= 0.6 is 7.75 Å². The van der Waals surface area contributed by atoms with Crippen LogP contribution < -0.4 is 33.1 Å². The zero-order chi connectivity index (χ0) is 30.7. The lowest BCUT2D eigenvalue weighted by molar-refractivity contribution is -0.143. The highest BCUT2D eigenvalue weighted by molar-refractivity contribution is 7.52. The molecule has 11 heteroatoms. The molecule has 1 N–H and O–H groups in total. The fraction of sp³-hybridized carbons (Fsp3) is 0.387. The van der Waals surface area contributed by atoms with Crippen LogP contribution in [0.3, 0.4) is 0 Å². The molecule has 3 aromatic carbocycles. The van der Waals surface area contributed by atoms with Gasteiger partial charge in [0.2, 0.25) is 5.75 Å². The van der Waals surface area contributed by atoms with Crippen molar-refractivity contribution in [1.82, 2.24) is 5.09 Å². The third-order valence-electron chi connectivity index (χ3n) is 6.35. The van der Waals surface area contributed by atoms with Crippen LogP contribution in [0.2, 0.25) is 0 Å². The number of carbonyl (C=O) groups excluding carboxylic acids is 1. The number of rotatable bonds is 16. The predicted octanol–water partition coefficient (Wildman–Crippen LogP) is 6.25. The predicted molar refractivity (Wildman–Crippen MR) is 160 cm³/mol. The minimum atomic E-state index is -4.19. The lowest BCUT2D eigenvalue weighted by Crippen LogP contribution is -2.38. The third kappa shape index (κ3) is 8.81. The van der Waals surface area contributed by atoms with Crippen LogP contribution in [0.1, 0.15) is 31.4 Å². The second kappa shape index (κ2) is 15.4. The van der Waals surface area contributed by atoms with Crippen molar-refractivity contribution in [2.75, 3.05) is 35.5 Å². The lowest BCUT2D eigenvalue weighted by atomic mass is 10.0. The Bertz CT molecular complexity index is 1340. The molecule has 0 aliphatic rings. The SMILES string of the molecule is COC(=O)[C@H](CC(C)C)NP(=O)(Oc1ccccc1)Oc1cc(CCc2cc(OC)c(OC)c(OC)c2)ccc1OC. The van der Waals surface area contributed by atoms with E-state index in [9.17, 15) is 9.36 Å². The Morgan fingerprint density at radius 3 is 1.88 bits per heavy atom.